The normalized spacial score (nSPS) is 10.9. The van der Waals surface area contributed by atoms with Crippen molar-refractivity contribution in [3.05, 3.63) is 47.2 Å². The van der Waals surface area contributed by atoms with Crippen LogP contribution in [0.25, 0.3) is 0 Å². The summed E-state index contributed by atoms with van der Waals surface area (Å²) >= 11 is 5.83. The molecule has 0 saturated carbocycles. The van der Waals surface area contributed by atoms with E-state index in [1.807, 2.05) is 36.1 Å². The van der Waals surface area contributed by atoms with E-state index in [0.29, 0.717) is 11.7 Å². The van der Waals surface area contributed by atoms with Crippen LogP contribution in [0.1, 0.15) is 5.56 Å². The summed E-state index contributed by atoms with van der Waals surface area (Å²) in [4.78, 5) is 2.15. The second kappa shape index (κ2) is 5.89. The highest BCUT2D eigenvalue weighted by atomic mass is 35.5. The highest BCUT2D eigenvalue weighted by Crippen LogP contribution is 2.14. The van der Waals surface area contributed by atoms with E-state index in [4.69, 9.17) is 16.3 Å². The molecule has 0 spiro atoms. The van der Waals surface area contributed by atoms with Crippen LogP contribution in [0.2, 0.25) is 5.02 Å². The minimum atomic E-state index is 0.657. The standard InChI is InChI=1S/C13H16ClN3O/c1-16(10-17-9-12(14)7-15-17)8-11-4-3-5-13(6-11)18-2/h3-7,9H,8,10H2,1-2H3. The number of rotatable bonds is 5. The lowest BCUT2D eigenvalue weighted by molar-refractivity contribution is 0.246. The van der Waals surface area contributed by atoms with Gasteiger partial charge in [0.25, 0.3) is 0 Å². The van der Waals surface area contributed by atoms with Crippen molar-refractivity contribution in [3.8, 4) is 5.75 Å². The molecule has 4 nitrogen and oxygen atoms in total. The van der Waals surface area contributed by atoms with E-state index in [9.17, 15) is 0 Å². The average Bonchev–Trinajstić information content (AvgIpc) is 2.74. The molecule has 0 aliphatic heterocycles. The highest BCUT2D eigenvalue weighted by molar-refractivity contribution is 6.30. The minimum Gasteiger partial charge on any atom is -0.497 e. The van der Waals surface area contributed by atoms with E-state index in [0.717, 1.165) is 12.3 Å². The van der Waals surface area contributed by atoms with Crippen molar-refractivity contribution in [2.45, 2.75) is 13.2 Å². The van der Waals surface area contributed by atoms with Gasteiger partial charge in [0.1, 0.15) is 5.75 Å². The first-order valence-corrected chi connectivity index (χ1v) is 6.04. The first-order valence-electron chi connectivity index (χ1n) is 5.67. The molecular weight excluding hydrogens is 250 g/mol. The Hall–Kier alpha value is -1.52. The molecule has 96 valence electrons. The van der Waals surface area contributed by atoms with Gasteiger partial charge in [0.2, 0.25) is 0 Å². The zero-order valence-corrected chi connectivity index (χ0v) is 11.3. The summed E-state index contributed by atoms with van der Waals surface area (Å²) in [6.07, 6.45) is 3.45. The molecule has 0 saturated heterocycles. The molecule has 2 aromatic rings. The van der Waals surface area contributed by atoms with Crippen molar-refractivity contribution < 1.29 is 4.74 Å². The van der Waals surface area contributed by atoms with E-state index in [1.165, 1.54) is 5.56 Å². The molecule has 0 aliphatic rings. The van der Waals surface area contributed by atoms with Gasteiger partial charge in [0.15, 0.2) is 0 Å². The van der Waals surface area contributed by atoms with Gasteiger partial charge in [-0.25, -0.2) is 0 Å². The smallest absolute Gasteiger partial charge is 0.119 e. The third-order valence-corrected chi connectivity index (χ3v) is 2.77. The number of hydrogen-bond acceptors (Lipinski definition) is 3. The number of methoxy groups -OCH3 is 1. The molecule has 0 N–H and O–H groups in total. The maximum atomic E-state index is 5.83. The summed E-state index contributed by atoms with van der Waals surface area (Å²) in [5.74, 6) is 0.878. The molecule has 1 heterocycles. The van der Waals surface area contributed by atoms with Crippen molar-refractivity contribution in [1.29, 1.82) is 0 Å². The third-order valence-electron chi connectivity index (χ3n) is 2.57. The maximum absolute atomic E-state index is 5.83. The predicted molar refractivity (Wildman–Crippen MR) is 71.7 cm³/mol. The monoisotopic (exact) mass is 265 g/mol. The number of aromatic nitrogens is 2. The molecule has 2 rings (SSSR count). The lowest BCUT2D eigenvalue weighted by Crippen LogP contribution is -2.21. The van der Waals surface area contributed by atoms with Gasteiger partial charge in [-0.1, -0.05) is 23.7 Å². The fourth-order valence-corrected chi connectivity index (χ4v) is 1.95. The molecule has 1 aromatic heterocycles. The van der Waals surface area contributed by atoms with E-state index in [1.54, 1.807) is 13.3 Å². The molecule has 0 atom stereocenters. The van der Waals surface area contributed by atoms with Crippen molar-refractivity contribution in [1.82, 2.24) is 14.7 Å². The van der Waals surface area contributed by atoms with E-state index >= 15 is 0 Å². The Morgan fingerprint density at radius 1 is 1.44 bits per heavy atom. The van der Waals surface area contributed by atoms with Crippen LogP contribution in [-0.2, 0) is 13.2 Å². The third kappa shape index (κ3) is 3.48. The second-order valence-corrected chi connectivity index (χ2v) is 4.64. The van der Waals surface area contributed by atoms with Gasteiger partial charge >= 0.3 is 0 Å². The minimum absolute atomic E-state index is 0.657. The Labute approximate surface area is 112 Å². The molecule has 1 aromatic carbocycles. The van der Waals surface area contributed by atoms with Crippen molar-refractivity contribution >= 4 is 11.6 Å². The van der Waals surface area contributed by atoms with E-state index in [2.05, 4.69) is 16.1 Å². The fraction of sp³-hybridized carbons (Fsp3) is 0.308. The SMILES string of the molecule is COc1cccc(CN(C)Cn2cc(Cl)cn2)c1. The van der Waals surface area contributed by atoms with Crippen LogP contribution in [0.4, 0.5) is 0 Å². The largest absolute Gasteiger partial charge is 0.497 e. The Bertz CT molecular complexity index is 512. The van der Waals surface area contributed by atoms with Crippen LogP contribution < -0.4 is 4.74 Å². The molecule has 0 fully saturated rings. The van der Waals surface area contributed by atoms with Gasteiger partial charge in [0.05, 0.1) is 25.0 Å². The number of halogens is 1. The predicted octanol–water partition coefficient (Wildman–Crippen LogP) is 2.63. The quantitative estimate of drug-likeness (QED) is 0.833. The second-order valence-electron chi connectivity index (χ2n) is 4.21. The van der Waals surface area contributed by atoms with Crippen LogP contribution in [0.3, 0.4) is 0 Å². The molecule has 0 aliphatic carbocycles. The molecule has 0 amide bonds. The van der Waals surface area contributed by atoms with Crippen LogP contribution in [0.15, 0.2) is 36.7 Å². The van der Waals surface area contributed by atoms with Gasteiger partial charge in [-0.05, 0) is 24.7 Å². The zero-order chi connectivity index (χ0) is 13.0. The summed E-state index contributed by atoms with van der Waals surface area (Å²) in [6.45, 7) is 1.53. The van der Waals surface area contributed by atoms with Crippen LogP contribution in [0.5, 0.6) is 5.75 Å². The molecule has 18 heavy (non-hydrogen) atoms. The summed E-state index contributed by atoms with van der Waals surface area (Å²) in [5, 5.41) is 4.81. The van der Waals surface area contributed by atoms with Crippen molar-refractivity contribution in [3.63, 3.8) is 0 Å². The molecular formula is C13H16ClN3O. The van der Waals surface area contributed by atoms with Gasteiger partial charge in [-0.15, -0.1) is 0 Å². The lowest BCUT2D eigenvalue weighted by atomic mass is 10.2. The van der Waals surface area contributed by atoms with Gasteiger partial charge in [0, 0.05) is 12.7 Å². The Balaban J connectivity index is 1.96. The summed E-state index contributed by atoms with van der Waals surface area (Å²) in [5.41, 5.74) is 1.20. The van der Waals surface area contributed by atoms with E-state index in [-0.39, 0.29) is 0 Å². The number of hydrogen-bond donors (Lipinski definition) is 0. The topological polar surface area (TPSA) is 30.3 Å². The van der Waals surface area contributed by atoms with Crippen LogP contribution in [0, 0.1) is 0 Å². The molecule has 0 bridgehead atoms. The maximum Gasteiger partial charge on any atom is 0.119 e. The van der Waals surface area contributed by atoms with E-state index < -0.39 is 0 Å². The first-order chi connectivity index (χ1) is 8.67. The first kappa shape index (κ1) is 12.9. The molecule has 5 heteroatoms. The van der Waals surface area contributed by atoms with Crippen molar-refractivity contribution in [2.75, 3.05) is 14.2 Å². The van der Waals surface area contributed by atoms with Crippen LogP contribution in [-0.4, -0.2) is 28.8 Å². The number of benzene rings is 1. The molecule has 0 unspecified atom stereocenters. The zero-order valence-electron chi connectivity index (χ0n) is 10.5. The van der Waals surface area contributed by atoms with Gasteiger partial charge in [-0.3, -0.25) is 9.58 Å². The number of ether oxygens (including phenoxy) is 1. The lowest BCUT2D eigenvalue weighted by Gasteiger charge is -2.17. The van der Waals surface area contributed by atoms with Crippen LogP contribution >= 0.6 is 11.6 Å². The summed E-state index contributed by atoms with van der Waals surface area (Å²) in [6, 6.07) is 8.05. The van der Waals surface area contributed by atoms with Gasteiger partial charge in [-0.2, -0.15) is 5.10 Å². The Morgan fingerprint density at radius 3 is 2.94 bits per heavy atom. The Kier molecular flexibility index (Phi) is 4.23. The highest BCUT2D eigenvalue weighted by Gasteiger charge is 2.03. The average molecular weight is 266 g/mol. The fourth-order valence-electron chi connectivity index (χ4n) is 1.80. The van der Waals surface area contributed by atoms with Gasteiger partial charge < -0.3 is 4.74 Å². The number of nitrogens with zero attached hydrogens (tertiary/aromatic N) is 3. The Morgan fingerprint density at radius 2 is 2.28 bits per heavy atom. The molecule has 0 radical (unpaired) electrons. The summed E-state index contributed by atoms with van der Waals surface area (Å²) in [7, 11) is 3.71. The van der Waals surface area contributed by atoms with Crippen molar-refractivity contribution in [2.24, 2.45) is 0 Å². The summed E-state index contributed by atoms with van der Waals surface area (Å²) < 4.78 is 7.01.